The maximum absolute atomic E-state index is 14.5. The molecule has 33 heavy (non-hydrogen) atoms. The molecule has 1 saturated carbocycles. The molecule has 0 amide bonds. The van der Waals surface area contributed by atoms with E-state index >= 15 is 0 Å². The fourth-order valence-corrected chi connectivity index (χ4v) is 3.89. The zero-order valence-corrected chi connectivity index (χ0v) is 18.0. The van der Waals surface area contributed by atoms with E-state index in [0.29, 0.717) is 11.1 Å². The molecule has 5 rings (SSSR count). The number of fused-ring (bicyclic) bond motifs is 3. The van der Waals surface area contributed by atoms with Gasteiger partial charge in [0.1, 0.15) is 23.8 Å². The van der Waals surface area contributed by atoms with Crippen LogP contribution < -0.4 is 4.90 Å². The summed E-state index contributed by atoms with van der Waals surface area (Å²) >= 11 is 6.28. The van der Waals surface area contributed by atoms with Gasteiger partial charge in [-0.3, -0.25) is 4.40 Å². The first-order valence-electron chi connectivity index (χ1n) is 10.1. The Kier molecular flexibility index (Phi) is 5.13. The number of rotatable bonds is 4. The second-order valence-corrected chi connectivity index (χ2v) is 8.64. The molecular formula is C23H16ClF4N5. The van der Waals surface area contributed by atoms with Gasteiger partial charge in [-0.15, -0.1) is 10.2 Å². The maximum atomic E-state index is 14.5. The minimum Gasteiger partial charge on any atom is -0.320 e. The lowest BCUT2D eigenvalue weighted by Crippen LogP contribution is -2.25. The second-order valence-electron chi connectivity index (χ2n) is 8.23. The van der Waals surface area contributed by atoms with Gasteiger partial charge in [0.05, 0.1) is 17.1 Å². The van der Waals surface area contributed by atoms with Crippen molar-refractivity contribution in [2.45, 2.75) is 26.2 Å². The molecule has 2 aromatic carbocycles. The van der Waals surface area contributed by atoms with Crippen molar-refractivity contribution >= 4 is 39.8 Å². The third-order valence-corrected chi connectivity index (χ3v) is 5.81. The molecule has 0 unspecified atom stereocenters. The lowest BCUT2D eigenvalue weighted by atomic mass is 10.1. The lowest BCUT2D eigenvalue weighted by molar-refractivity contribution is 0.158. The van der Waals surface area contributed by atoms with Crippen LogP contribution in [0.3, 0.4) is 0 Å². The Morgan fingerprint density at radius 2 is 1.91 bits per heavy atom. The number of hydrogen-bond acceptors (Lipinski definition) is 4. The third kappa shape index (κ3) is 4.18. The van der Waals surface area contributed by atoms with Gasteiger partial charge in [0, 0.05) is 22.1 Å². The highest BCUT2D eigenvalue weighted by Crippen LogP contribution is 2.44. The Balaban J connectivity index is 1.74. The number of anilines is 2. The smallest absolute Gasteiger partial charge is 0.257 e. The normalized spacial score (nSPS) is 14.5. The van der Waals surface area contributed by atoms with Crippen LogP contribution >= 0.6 is 11.6 Å². The zero-order chi connectivity index (χ0) is 23.3. The molecule has 0 aliphatic heterocycles. The van der Waals surface area contributed by atoms with Crippen LogP contribution in [0.4, 0.5) is 29.1 Å². The fraction of sp³-hybridized carbons (Fsp3) is 0.261. The first kappa shape index (κ1) is 21.5. The number of nitrogens with zero attached hydrogens (tertiary/aromatic N) is 5. The number of alkyl halides is 2. The number of hydrogen-bond donors (Lipinski definition) is 0. The maximum Gasteiger partial charge on any atom is 0.257 e. The van der Waals surface area contributed by atoms with E-state index in [9.17, 15) is 17.6 Å². The highest BCUT2D eigenvalue weighted by molar-refractivity contribution is 6.35. The summed E-state index contributed by atoms with van der Waals surface area (Å²) < 4.78 is 57.5. The summed E-state index contributed by atoms with van der Waals surface area (Å²) in [6.45, 7) is 1.18. The highest BCUT2D eigenvalue weighted by atomic mass is 35.5. The van der Waals surface area contributed by atoms with Gasteiger partial charge in [-0.25, -0.2) is 17.6 Å². The largest absolute Gasteiger partial charge is 0.320 e. The molecule has 1 aliphatic carbocycles. The predicted molar refractivity (Wildman–Crippen MR) is 117 cm³/mol. The summed E-state index contributed by atoms with van der Waals surface area (Å²) in [4.78, 5) is 5.44. The summed E-state index contributed by atoms with van der Waals surface area (Å²) in [5, 5.41) is 7.84. The molecule has 1 aliphatic rings. The van der Waals surface area contributed by atoms with Gasteiger partial charge < -0.3 is 4.90 Å². The first-order chi connectivity index (χ1) is 15.7. The number of halogens is 5. The van der Waals surface area contributed by atoms with Gasteiger partial charge >= 0.3 is 0 Å². The Hall–Kier alpha value is -3.38. The van der Waals surface area contributed by atoms with Crippen molar-refractivity contribution in [1.29, 1.82) is 0 Å². The molecule has 10 heteroatoms. The van der Waals surface area contributed by atoms with Crippen molar-refractivity contribution in [2.75, 3.05) is 11.4 Å². The fourth-order valence-electron chi connectivity index (χ4n) is 3.59. The summed E-state index contributed by atoms with van der Waals surface area (Å²) in [6.07, 6.45) is 0.452. The zero-order valence-electron chi connectivity index (χ0n) is 17.3. The van der Waals surface area contributed by atoms with Crippen molar-refractivity contribution in [1.82, 2.24) is 19.6 Å². The van der Waals surface area contributed by atoms with Gasteiger partial charge in [-0.05, 0) is 50.1 Å². The SMILES string of the molecule is CC1(C#Cc2cc(F)cc(N(CC(F)F)c3nc4nncn4c4c(Cl)cc(F)cc34)c2)CC1. The van der Waals surface area contributed by atoms with Crippen molar-refractivity contribution in [3.63, 3.8) is 0 Å². The quantitative estimate of drug-likeness (QED) is 0.279. The Bertz CT molecular complexity index is 1450. The summed E-state index contributed by atoms with van der Waals surface area (Å²) in [6, 6.07) is 6.09. The molecule has 1 fully saturated rings. The molecular weight excluding hydrogens is 458 g/mol. The van der Waals surface area contributed by atoms with Crippen LogP contribution in [0.1, 0.15) is 25.3 Å². The molecule has 4 aromatic rings. The minimum atomic E-state index is -2.80. The van der Waals surface area contributed by atoms with Crippen LogP contribution in [-0.2, 0) is 0 Å². The Labute approximate surface area is 191 Å². The lowest BCUT2D eigenvalue weighted by Gasteiger charge is -2.25. The molecule has 5 nitrogen and oxygen atoms in total. The molecule has 2 aromatic heterocycles. The van der Waals surface area contributed by atoms with E-state index in [2.05, 4.69) is 27.0 Å². The topological polar surface area (TPSA) is 46.3 Å². The Morgan fingerprint density at radius 1 is 1.15 bits per heavy atom. The van der Waals surface area contributed by atoms with Crippen LogP contribution in [0.2, 0.25) is 5.02 Å². The number of benzene rings is 2. The van der Waals surface area contributed by atoms with E-state index < -0.39 is 24.6 Å². The monoisotopic (exact) mass is 473 g/mol. The molecule has 0 N–H and O–H groups in total. The van der Waals surface area contributed by atoms with Crippen LogP contribution in [0.25, 0.3) is 16.7 Å². The summed E-state index contributed by atoms with van der Waals surface area (Å²) in [7, 11) is 0. The van der Waals surface area contributed by atoms with E-state index in [1.807, 2.05) is 6.92 Å². The molecule has 0 radical (unpaired) electrons. The van der Waals surface area contributed by atoms with E-state index in [0.717, 1.165) is 35.9 Å². The summed E-state index contributed by atoms with van der Waals surface area (Å²) in [5.41, 5.74) is 0.633. The third-order valence-electron chi connectivity index (χ3n) is 5.52. The average Bonchev–Trinajstić information content (AvgIpc) is 3.29. The van der Waals surface area contributed by atoms with Gasteiger partial charge in [0.2, 0.25) is 0 Å². The van der Waals surface area contributed by atoms with Crippen LogP contribution in [0.15, 0.2) is 36.7 Å². The summed E-state index contributed by atoms with van der Waals surface area (Å²) in [5.74, 6) is 4.74. The first-order valence-corrected chi connectivity index (χ1v) is 10.5. The van der Waals surface area contributed by atoms with E-state index in [1.165, 1.54) is 22.9 Å². The van der Waals surface area contributed by atoms with E-state index in [-0.39, 0.29) is 33.1 Å². The molecule has 168 valence electrons. The van der Waals surface area contributed by atoms with Crippen LogP contribution in [0.5, 0.6) is 0 Å². The van der Waals surface area contributed by atoms with E-state index in [1.54, 1.807) is 0 Å². The van der Waals surface area contributed by atoms with Crippen molar-refractivity contribution in [2.24, 2.45) is 5.41 Å². The van der Waals surface area contributed by atoms with Crippen molar-refractivity contribution in [3.8, 4) is 11.8 Å². The minimum absolute atomic E-state index is 0.0268. The predicted octanol–water partition coefficient (Wildman–Crippen LogP) is 5.76. The Morgan fingerprint density at radius 3 is 2.64 bits per heavy atom. The van der Waals surface area contributed by atoms with Gasteiger partial charge in [0.25, 0.3) is 12.2 Å². The molecule has 2 heterocycles. The molecule has 0 spiro atoms. The van der Waals surface area contributed by atoms with Crippen LogP contribution in [-0.4, -0.2) is 32.6 Å². The molecule has 0 bridgehead atoms. The average molecular weight is 474 g/mol. The molecule has 0 atom stereocenters. The number of aromatic nitrogens is 4. The van der Waals surface area contributed by atoms with Gasteiger partial charge in [-0.2, -0.15) is 4.98 Å². The van der Waals surface area contributed by atoms with E-state index in [4.69, 9.17) is 11.6 Å². The van der Waals surface area contributed by atoms with Gasteiger partial charge in [0.15, 0.2) is 0 Å². The van der Waals surface area contributed by atoms with Crippen molar-refractivity contribution < 1.29 is 17.6 Å². The molecule has 0 saturated heterocycles. The van der Waals surface area contributed by atoms with Crippen LogP contribution in [0, 0.1) is 28.9 Å². The highest BCUT2D eigenvalue weighted by Gasteiger charge is 2.35. The van der Waals surface area contributed by atoms with Gasteiger partial charge in [-0.1, -0.05) is 23.4 Å². The standard InChI is InChI=1S/C23H16ClF4N5/c1-23(4-5-23)3-2-13-6-14(25)8-16(7-13)32(11-19(27)28)21-17-9-15(26)10-18(24)20(17)33-12-29-31-22(33)30-21/h6-10,12,19H,4-5,11H2,1H3. The van der Waals surface area contributed by atoms with Crippen molar-refractivity contribution in [3.05, 3.63) is 58.9 Å². The second kappa shape index (κ2) is 7.89.